The van der Waals surface area contributed by atoms with Crippen LogP contribution in [-0.4, -0.2) is 335 Å². The van der Waals surface area contributed by atoms with Gasteiger partial charge in [-0.25, -0.2) is 0 Å². The fourth-order valence-electron chi connectivity index (χ4n) is 9.94. The van der Waals surface area contributed by atoms with E-state index in [0.29, 0.717) is 354 Å². The van der Waals surface area contributed by atoms with Crippen LogP contribution < -0.4 is 15.6 Å². The quantitative estimate of drug-likeness (QED) is 0.00902. The summed E-state index contributed by atoms with van der Waals surface area (Å²) < 4.78 is 135. The molecule has 0 fully saturated rings. The molecule has 0 radical (unpaired) electrons. The molecule has 4 rings (SSSR count). The van der Waals surface area contributed by atoms with E-state index in [4.69, 9.17) is 125 Å². The number of ether oxygens (including phenoxy) is 24. The minimum Gasteiger partial charge on any atom is -0.399 e. The molecule has 4 aromatic rings. The number of nitrogens with one attached hydrogen (secondary N) is 1. The average Bonchev–Trinajstić information content (AvgIpc) is 0.741. The average molecular weight is 1550 g/mol. The van der Waals surface area contributed by atoms with Crippen LogP contribution in [0.15, 0.2) is 71.8 Å². The Morgan fingerprint density at radius 2 is 0.651 bits per heavy atom. The van der Waals surface area contributed by atoms with E-state index in [1.165, 1.54) is 0 Å². The van der Waals surface area contributed by atoms with Crippen LogP contribution in [0.2, 0.25) is 0 Å². The lowest BCUT2D eigenvalue weighted by Crippen LogP contribution is -2.37. The molecule has 0 aliphatic heterocycles. The van der Waals surface area contributed by atoms with E-state index in [1.54, 1.807) is 6.92 Å². The molecule has 1 amide bonds. The van der Waals surface area contributed by atoms with Gasteiger partial charge in [0.25, 0.3) is 0 Å². The summed E-state index contributed by atoms with van der Waals surface area (Å²) in [5.41, 5.74) is 19.8. The number of fused-ring (bicyclic) bond motifs is 3. The van der Waals surface area contributed by atoms with Crippen molar-refractivity contribution in [3.8, 4) is 11.3 Å². The number of nitrogens with two attached hydrogens (primary N) is 1. The molecule has 3 aromatic carbocycles. The van der Waals surface area contributed by atoms with Crippen LogP contribution in [0.4, 0.5) is 11.4 Å². The van der Waals surface area contributed by atoms with Crippen molar-refractivity contribution in [1.29, 1.82) is 0 Å². The van der Waals surface area contributed by atoms with Crippen molar-refractivity contribution >= 4 is 44.7 Å². The van der Waals surface area contributed by atoms with E-state index in [-0.39, 0.29) is 11.7 Å². The van der Waals surface area contributed by atoms with Crippen LogP contribution in [0.5, 0.6) is 0 Å². The summed E-state index contributed by atoms with van der Waals surface area (Å²) in [6.07, 6.45) is 3.33. The maximum absolute atomic E-state index is 12.6. The summed E-state index contributed by atoms with van der Waals surface area (Å²) in [4.78, 5) is 26.5. The molecule has 32 heteroatoms. The molecular weight excluding hydrogens is 1420 g/mol. The number of hydrogen-bond donors (Lipinski definition) is 2. The second-order valence-electron chi connectivity index (χ2n) is 23.9. The topological polar surface area (TPSA) is 346 Å². The zero-order chi connectivity index (χ0) is 77.1. The third-order valence-electron chi connectivity index (χ3n) is 15.3. The van der Waals surface area contributed by atoms with Crippen molar-refractivity contribution in [3.63, 3.8) is 0 Å². The van der Waals surface area contributed by atoms with E-state index in [1.807, 2.05) is 54.6 Å². The van der Waals surface area contributed by atoms with Gasteiger partial charge in [-0.05, 0) is 55.6 Å². The second-order valence-corrected chi connectivity index (χ2v) is 23.9. The van der Waals surface area contributed by atoms with Crippen LogP contribution in [0.3, 0.4) is 0 Å². The van der Waals surface area contributed by atoms with E-state index < -0.39 is 0 Å². The molecule has 0 spiro atoms. The molecule has 0 saturated heterocycles. The van der Waals surface area contributed by atoms with Gasteiger partial charge >= 0.3 is 0 Å². The summed E-state index contributed by atoms with van der Waals surface area (Å²) in [6.45, 7) is 25.2. The number of amides is 1. The van der Waals surface area contributed by atoms with Crippen LogP contribution in [0.1, 0.15) is 39.0 Å². The van der Waals surface area contributed by atoms with Gasteiger partial charge in [-0.1, -0.05) is 35.4 Å². The molecule has 109 heavy (non-hydrogen) atoms. The lowest BCUT2D eigenvalue weighted by Gasteiger charge is -2.13. The number of hydrogen-bond acceptors (Lipinski definition) is 28. The van der Waals surface area contributed by atoms with Crippen molar-refractivity contribution < 1.29 is 128 Å². The number of carbonyl (C=O) groups excluding carboxylic acids is 2. The first-order valence-corrected chi connectivity index (χ1v) is 38.4. The first kappa shape index (κ1) is 96.0. The molecule has 32 nitrogen and oxygen atoms in total. The highest BCUT2D eigenvalue weighted by Crippen LogP contribution is 2.35. The van der Waals surface area contributed by atoms with Crippen LogP contribution in [-0.2, 0) is 130 Å². The molecule has 620 valence electrons. The highest BCUT2D eigenvalue weighted by atomic mass is 16.6. The number of azide groups is 1. The molecule has 0 saturated carbocycles. The molecular formula is C77H127N6O26+. The fraction of sp³-hybridized carbons (Fsp3) is 0.727. The Morgan fingerprint density at radius 3 is 0.963 bits per heavy atom. The van der Waals surface area contributed by atoms with Gasteiger partial charge in [0, 0.05) is 59.1 Å². The number of anilines is 1. The Balaban J connectivity index is 0.734. The number of ketones is 1. The van der Waals surface area contributed by atoms with E-state index in [2.05, 4.69) is 32.0 Å². The van der Waals surface area contributed by atoms with Gasteiger partial charge in [-0.15, -0.1) is 0 Å². The van der Waals surface area contributed by atoms with Gasteiger partial charge in [-0.2, -0.15) is 4.57 Å². The monoisotopic (exact) mass is 1550 g/mol. The minimum atomic E-state index is -0.000863. The number of rotatable bonds is 83. The SMILES string of the molecule is CC(=O)CCOCCOCCOCCOCCOCCOCCOCCOCCOCCOCCOCCOCCOCCOCCOCCOCCOCCOCCOCCOCCOCCOCCOCCOCCNC(=O)CCCCC[n+]1c(-c2ccccc2)c2cc(N=[N+]=[N-])ccc2c2ccc(N)cc21. The van der Waals surface area contributed by atoms with Crippen LogP contribution in [0, 0.1) is 0 Å². The zero-order valence-electron chi connectivity index (χ0n) is 64.7. The maximum atomic E-state index is 12.6. The molecule has 0 atom stereocenters. The van der Waals surface area contributed by atoms with Crippen molar-refractivity contribution in [3.05, 3.63) is 77.2 Å². The molecule has 0 aliphatic rings. The van der Waals surface area contributed by atoms with Crippen molar-refractivity contribution in [2.45, 2.75) is 45.6 Å². The summed E-state index contributed by atoms with van der Waals surface area (Å²) in [5, 5.41) is 9.94. The van der Waals surface area contributed by atoms with Crippen molar-refractivity contribution in [2.24, 2.45) is 5.11 Å². The Hall–Kier alpha value is -5.38. The van der Waals surface area contributed by atoms with Gasteiger partial charge in [0.1, 0.15) is 12.3 Å². The number of aromatic nitrogens is 1. The van der Waals surface area contributed by atoms with Gasteiger partial charge in [0.15, 0.2) is 0 Å². The Bertz CT molecular complexity index is 2820. The molecule has 1 heterocycles. The third kappa shape index (κ3) is 54.9. The summed E-state index contributed by atoms with van der Waals surface area (Å²) in [6, 6.07) is 21.9. The zero-order valence-corrected chi connectivity index (χ0v) is 64.7. The number of benzene rings is 3. The van der Waals surface area contributed by atoms with Gasteiger partial charge in [-0.3, -0.25) is 9.59 Å². The Morgan fingerprint density at radius 1 is 0.349 bits per heavy atom. The smallest absolute Gasteiger partial charge is 0.220 e. The maximum Gasteiger partial charge on any atom is 0.220 e. The fourth-order valence-corrected chi connectivity index (χ4v) is 9.94. The predicted octanol–water partition coefficient (Wildman–Crippen LogP) is 6.53. The van der Waals surface area contributed by atoms with Crippen molar-refractivity contribution in [1.82, 2.24) is 5.32 Å². The number of nitrogen functional groups attached to an aromatic ring is 1. The summed E-state index contributed by atoms with van der Waals surface area (Å²) in [7, 11) is 0. The molecule has 0 bridgehead atoms. The highest BCUT2D eigenvalue weighted by molar-refractivity contribution is 6.10. The van der Waals surface area contributed by atoms with Crippen LogP contribution in [0.25, 0.3) is 43.4 Å². The van der Waals surface area contributed by atoms with Gasteiger partial charge < -0.3 is 125 Å². The number of Topliss-reactive ketones (excluding diaryl/α,β-unsaturated/α-hetero) is 1. The largest absolute Gasteiger partial charge is 0.399 e. The Kier molecular flexibility index (Phi) is 64.1. The molecule has 3 N–H and O–H groups in total. The minimum absolute atomic E-state index is 0.000863. The highest BCUT2D eigenvalue weighted by Gasteiger charge is 2.24. The van der Waals surface area contributed by atoms with E-state index in [0.717, 1.165) is 52.2 Å². The Labute approximate surface area is 644 Å². The molecule has 0 unspecified atom stereocenters. The number of pyridine rings is 1. The first-order valence-electron chi connectivity index (χ1n) is 38.4. The number of carbonyl (C=O) groups is 2. The number of nitrogens with zero attached hydrogens (tertiary/aromatic N) is 4. The third-order valence-corrected chi connectivity index (χ3v) is 15.3. The van der Waals surface area contributed by atoms with Crippen LogP contribution >= 0.6 is 0 Å². The summed E-state index contributed by atoms with van der Waals surface area (Å²) in [5.74, 6) is 0.117. The van der Waals surface area contributed by atoms with Gasteiger partial charge in [0.05, 0.1) is 328 Å². The van der Waals surface area contributed by atoms with Crippen molar-refractivity contribution in [2.75, 3.05) is 329 Å². The second kappa shape index (κ2) is 72.8. The molecule has 1 aromatic heterocycles. The standard InChI is InChI=1S/C77H126N6O26/c1-68(84)15-18-86-20-22-88-24-26-90-28-30-92-32-34-94-36-38-96-40-42-98-44-46-100-48-50-102-52-54-104-56-58-106-60-62-108-64-65-109-63-61-107-59-57-105-55-53-103-51-49-101-47-45-99-43-41-97-39-37-95-35-33-93-31-29-91-27-25-89-23-21-87-19-16-80-76(85)10-6-3-7-17-83-75-66-70(78)11-13-73(75)72-14-12-71(81-82-79)67-74(72)77(83)69-8-4-2-5-9-69/h2,4-5,8-9,11-14,66-67,78H,3,6-7,10,15-65H2,1H3,(H,80,85)/p+1. The van der Waals surface area contributed by atoms with Gasteiger partial charge in [0.2, 0.25) is 17.1 Å². The predicted molar refractivity (Wildman–Crippen MR) is 407 cm³/mol. The first-order chi connectivity index (χ1) is 54.0. The molecule has 0 aliphatic carbocycles. The summed E-state index contributed by atoms with van der Waals surface area (Å²) >= 11 is 0. The number of aryl methyl sites for hydroxylation is 1. The lowest BCUT2D eigenvalue weighted by atomic mass is 9.98. The lowest BCUT2D eigenvalue weighted by molar-refractivity contribution is -0.659. The van der Waals surface area contributed by atoms with E-state index in [9.17, 15) is 9.59 Å². The number of unbranched alkanes of at least 4 members (excludes halogenated alkanes) is 2. The normalized spacial score (nSPS) is 11.6. The van der Waals surface area contributed by atoms with E-state index >= 15 is 0 Å².